The van der Waals surface area contributed by atoms with E-state index in [-0.39, 0.29) is 28.0 Å². The summed E-state index contributed by atoms with van der Waals surface area (Å²) in [5, 5.41) is 0. The Bertz CT molecular complexity index is 1160. The van der Waals surface area contributed by atoms with E-state index in [1.165, 1.54) is 24.5 Å². The smallest absolute Gasteiger partial charge is 0.336 e. The first-order valence-corrected chi connectivity index (χ1v) is 8.08. The van der Waals surface area contributed by atoms with Gasteiger partial charge in [0.15, 0.2) is 5.82 Å². The molecule has 0 saturated carbocycles. The lowest BCUT2D eigenvalue weighted by Gasteiger charge is -2.06. The second kappa shape index (κ2) is 6.36. The standard InChI is InChI=1S/C19H11F5N4/c1-9-25-7-11(8-26-9)15-13(20)6-14-17(16(15)21)28-18(27-14)10-2-4-12(5-3-10)19(22,23)24/h2-8H,1H3,(H,27,28). The summed E-state index contributed by atoms with van der Waals surface area (Å²) in [6, 6.07) is 5.27. The van der Waals surface area contributed by atoms with Gasteiger partial charge >= 0.3 is 6.18 Å². The number of imidazole rings is 1. The Hall–Kier alpha value is -3.36. The van der Waals surface area contributed by atoms with Crippen molar-refractivity contribution in [3.63, 3.8) is 0 Å². The van der Waals surface area contributed by atoms with E-state index in [4.69, 9.17) is 0 Å². The second-order valence-corrected chi connectivity index (χ2v) is 6.12. The van der Waals surface area contributed by atoms with Crippen molar-refractivity contribution in [1.29, 1.82) is 0 Å². The molecule has 0 bridgehead atoms. The van der Waals surface area contributed by atoms with Crippen molar-refractivity contribution in [3.8, 4) is 22.5 Å². The third-order valence-electron chi connectivity index (χ3n) is 4.23. The average Bonchev–Trinajstić information content (AvgIpc) is 3.07. The maximum absolute atomic E-state index is 15.0. The summed E-state index contributed by atoms with van der Waals surface area (Å²) in [5.74, 6) is -1.15. The summed E-state index contributed by atoms with van der Waals surface area (Å²) in [5.41, 5.74) is -0.702. The number of nitrogens with zero attached hydrogens (tertiary/aromatic N) is 3. The van der Waals surface area contributed by atoms with E-state index in [9.17, 15) is 22.0 Å². The van der Waals surface area contributed by atoms with Gasteiger partial charge in [0.25, 0.3) is 0 Å². The van der Waals surface area contributed by atoms with Crippen molar-refractivity contribution in [3.05, 3.63) is 65.7 Å². The van der Waals surface area contributed by atoms with Crippen LogP contribution in [-0.2, 0) is 6.18 Å². The minimum Gasteiger partial charge on any atom is -0.336 e. The third-order valence-corrected chi connectivity index (χ3v) is 4.23. The average molecular weight is 390 g/mol. The zero-order chi connectivity index (χ0) is 20.1. The molecule has 28 heavy (non-hydrogen) atoms. The number of hydrogen-bond donors (Lipinski definition) is 1. The zero-order valence-corrected chi connectivity index (χ0v) is 14.3. The van der Waals surface area contributed by atoms with Crippen LogP contribution in [0.25, 0.3) is 33.5 Å². The van der Waals surface area contributed by atoms with E-state index in [0.717, 1.165) is 18.2 Å². The van der Waals surface area contributed by atoms with Gasteiger partial charge in [0.1, 0.15) is 23.0 Å². The monoisotopic (exact) mass is 390 g/mol. The molecule has 2 aromatic heterocycles. The number of hydrogen-bond acceptors (Lipinski definition) is 3. The van der Waals surface area contributed by atoms with Crippen molar-refractivity contribution in [2.24, 2.45) is 0 Å². The van der Waals surface area contributed by atoms with E-state index in [0.29, 0.717) is 11.4 Å². The Balaban J connectivity index is 1.81. The zero-order valence-electron chi connectivity index (χ0n) is 14.3. The van der Waals surface area contributed by atoms with Gasteiger partial charge in [-0.15, -0.1) is 0 Å². The van der Waals surface area contributed by atoms with Crippen LogP contribution in [0, 0.1) is 18.6 Å². The predicted molar refractivity (Wildman–Crippen MR) is 92.2 cm³/mol. The van der Waals surface area contributed by atoms with Crippen LogP contribution in [0.3, 0.4) is 0 Å². The molecule has 2 heterocycles. The number of rotatable bonds is 2. The minimum absolute atomic E-state index is 0.0154. The lowest BCUT2D eigenvalue weighted by Crippen LogP contribution is -2.04. The van der Waals surface area contributed by atoms with E-state index in [1.807, 2.05) is 0 Å². The first-order chi connectivity index (χ1) is 13.2. The molecule has 4 nitrogen and oxygen atoms in total. The van der Waals surface area contributed by atoms with Crippen molar-refractivity contribution in [2.75, 3.05) is 0 Å². The maximum Gasteiger partial charge on any atom is 0.416 e. The van der Waals surface area contributed by atoms with Gasteiger partial charge in [0, 0.05) is 29.6 Å². The number of nitrogens with one attached hydrogen (secondary N) is 1. The molecular weight excluding hydrogens is 379 g/mol. The van der Waals surface area contributed by atoms with Crippen LogP contribution >= 0.6 is 0 Å². The molecular formula is C19H11F5N4. The van der Waals surface area contributed by atoms with Crippen LogP contribution in [0.4, 0.5) is 22.0 Å². The molecule has 0 saturated heterocycles. The normalized spacial score (nSPS) is 11.9. The molecule has 0 unspecified atom stereocenters. The van der Waals surface area contributed by atoms with E-state index in [2.05, 4.69) is 19.9 Å². The number of alkyl halides is 3. The number of aryl methyl sites for hydroxylation is 1. The van der Waals surface area contributed by atoms with Gasteiger partial charge < -0.3 is 4.98 Å². The Labute approximate surface area is 155 Å². The van der Waals surface area contributed by atoms with Gasteiger partial charge in [-0.2, -0.15) is 13.2 Å². The summed E-state index contributed by atoms with van der Waals surface area (Å²) in [6.45, 7) is 1.64. The highest BCUT2D eigenvalue weighted by Gasteiger charge is 2.30. The Morgan fingerprint density at radius 2 is 1.57 bits per heavy atom. The number of benzene rings is 2. The summed E-state index contributed by atoms with van der Waals surface area (Å²) in [7, 11) is 0. The number of H-pyrrole nitrogens is 1. The van der Waals surface area contributed by atoms with Crippen molar-refractivity contribution in [1.82, 2.24) is 19.9 Å². The van der Waals surface area contributed by atoms with Gasteiger partial charge in [0.05, 0.1) is 16.6 Å². The van der Waals surface area contributed by atoms with Crippen LogP contribution in [0.1, 0.15) is 11.4 Å². The number of aromatic nitrogens is 4. The summed E-state index contributed by atoms with van der Waals surface area (Å²) in [6.07, 6.45) is -1.85. The fourth-order valence-corrected chi connectivity index (χ4v) is 2.82. The van der Waals surface area contributed by atoms with E-state index >= 15 is 0 Å². The van der Waals surface area contributed by atoms with E-state index < -0.39 is 23.4 Å². The fourth-order valence-electron chi connectivity index (χ4n) is 2.82. The molecule has 2 aromatic carbocycles. The van der Waals surface area contributed by atoms with Crippen LogP contribution < -0.4 is 0 Å². The third kappa shape index (κ3) is 3.08. The van der Waals surface area contributed by atoms with Gasteiger partial charge in [-0.25, -0.2) is 23.7 Å². The Morgan fingerprint density at radius 1 is 0.929 bits per heavy atom. The van der Waals surface area contributed by atoms with Crippen LogP contribution in [-0.4, -0.2) is 19.9 Å². The van der Waals surface area contributed by atoms with Gasteiger partial charge in [-0.05, 0) is 19.1 Å². The van der Waals surface area contributed by atoms with Crippen molar-refractivity contribution >= 4 is 11.0 Å². The Morgan fingerprint density at radius 3 is 2.18 bits per heavy atom. The number of halogens is 5. The van der Waals surface area contributed by atoms with Crippen molar-refractivity contribution in [2.45, 2.75) is 13.1 Å². The predicted octanol–water partition coefficient (Wildman–Crippen LogP) is 5.29. The minimum atomic E-state index is -4.47. The SMILES string of the molecule is Cc1ncc(-c2c(F)cc3nc(-c4ccc(C(F)(F)F)cc4)[nH]c3c2F)cn1. The molecule has 0 aliphatic heterocycles. The lowest BCUT2D eigenvalue weighted by atomic mass is 10.1. The van der Waals surface area contributed by atoms with Gasteiger partial charge in [-0.1, -0.05) is 12.1 Å². The number of aromatic amines is 1. The highest BCUT2D eigenvalue weighted by atomic mass is 19.4. The van der Waals surface area contributed by atoms with Gasteiger partial charge in [-0.3, -0.25) is 0 Å². The second-order valence-electron chi connectivity index (χ2n) is 6.12. The largest absolute Gasteiger partial charge is 0.416 e. The highest BCUT2D eigenvalue weighted by Crippen LogP contribution is 2.33. The Kier molecular flexibility index (Phi) is 4.10. The van der Waals surface area contributed by atoms with Gasteiger partial charge in [0.2, 0.25) is 0 Å². The molecule has 142 valence electrons. The highest BCUT2D eigenvalue weighted by molar-refractivity contribution is 5.85. The molecule has 0 aliphatic rings. The maximum atomic E-state index is 15.0. The first-order valence-electron chi connectivity index (χ1n) is 8.08. The van der Waals surface area contributed by atoms with Crippen molar-refractivity contribution < 1.29 is 22.0 Å². The molecule has 0 radical (unpaired) electrons. The molecule has 0 fully saturated rings. The molecule has 0 aliphatic carbocycles. The molecule has 0 amide bonds. The molecule has 0 spiro atoms. The van der Waals surface area contributed by atoms with Crippen LogP contribution in [0.2, 0.25) is 0 Å². The van der Waals surface area contributed by atoms with Crippen LogP contribution in [0.5, 0.6) is 0 Å². The topological polar surface area (TPSA) is 54.5 Å². The summed E-state index contributed by atoms with van der Waals surface area (Å²) < 4.78 is 67.5. The van der Waals surface area contributed by atoms with Crippen LogP contribution in [0.15, 0.2) is 42.7 Å². The molecule has 4 rings (SSSR count). The molecule has 0 atom stereocenters. The summed E-state index contributed by atoms with van der Waals surface area (Å²) in [4.78, 5) is 14.7. The number of fused-ring (bicyclic) bond motifs is 1. The fraction of sp³-hybridized carbons (Fsp3) is 0.105. The summed E-state index contributed by atoms with van der Waals surface area (Å²) >= 11 is 0. The molecule has 4 aromatic rings. The molecule has 9 heteroatoms. The quantitative estimate of drug-likeness (QED) is 0.473. The lowest BCUT2D eigenvalue weighted by molar-refractivity contribution is -0.137. The molecule has 1 N–H and O–H groups in total. The first kappa shape index (κ1) is 18.0. The van der Waals surface area contributed by atoms with E-state index in [1.54, 1.807) is 6.92 Å².